The molecule has 116 valence electrons. The highest BCUT2D eigenvalue weighted by atomic mass is 32.1. The molecule has 0 bridgehead atoms. The molecule has 0 aromatic carbocycles. The number of thiophene rings is 1. The standard InChI is InChI=1S/C16H13N3O3S/c1-19-14-13(15(21)18-16(19)22)9-5-8(12-3-2-4-23-12)6-11(20)10(9)7-17-14/h2-4,7-8H,5-6H2,1H3,(H,18,21,22)/t8-/m1/s1. The van der Waals surface area contributed by atoms with Crippen molar-refractivity contribution in [2.24, 2.45) is 7.05 Å². The predicted octanol–water partition coefficient (Wildman–Crippen LogP) is 1.60. The van der Waals surface area contributed by atoms with Gasteiger partial charge in [0.05, 0.1) is 5.39 Å². The van der Waals surface area contributed by atoms with Crippen molar-refractivity contribution in [1.82, 2.24) is 14.5 Å². The van der Waals surface area contributed by atoms with Gasteiger partial charge in [0.2, 0.25) is 0 Å². The fourth-order valence-electron chi connectivity index (χ4n) is 3.20. The second-order valence-electron chi connectivity index (χ2n) is 5.71. The first-order valence-electron chi connectivity index (χ1n) is 7.23. The lowest BCUT2D eigenvalue weighted by Crippen LogP contribution is -2.31. The third-order valence-corrected chi connectivity index (χ3v) is 5.40. The lowest BCUT2D eigenvalue weighted by Gasteiger charge is -2.23. The van der Waals surface area contributed by atoms with Crippen LogP contribution in [0.1, 0.15) is 33.1 Å². The summed E-state index contributed by atoms with van der Waals surface area (Å²) < 4.78 is 1.30. The number of carbonyl (C=O) groups excluding carboxylic acids is 1. The number of carbonyl (C=O) groups is 1. The molecule has 0 aliphatic heterocycles. The van der Waals surface area contributed by atoms with Crippen LogP contribution >= 0.6 is 11.3 Å². The summed E-state index contributed by atoms with van der Waals surface area (Å²) in [5.74, 6) is 0.0598. The Morgan fingerprint density at radius 2 is 2.13 bits per heavy atom. The van der Waals surface area contributed by atoms with Crippen molar-refractivity contribution < 1.29 is 4.79 Å². The van der Waals surface area contributed by atoms with E-state index in [9.17, 15) is 14.4 Å². The van der Waals surface area contributed by atoms with E-state index in [4.69, 9.17) is 0 Å². The van der Waals surface area contributed by atoms with E-state index in [-0.39, 0.29) is 11.7 Å². The molecule has 0 fully saturated rings. The molecule has 1 aliphatic carbocycles. The number of rotatable bonds is 1. The zero-order valence-corrected chi connectivity index (χ0v) is 13.1. The molecule has 6 nitrogen and oxygen atoms in total. The van der Waals surface area contributed by atoms with Crippen LogP contribution < -0.4 is 11.2 Å². The number of pyridine rings is 1. The number of Topliss-reactive ketones (excluding diaryl/α,β-unsaturated/α-hetero) is 1. The molecule has 0 saturated carbocycles. The number of hydrogen-bond acceptors (Lipinski definition) is 5. The summed E-state index contributed by atoms with van der Waals surface area (Å²) in [4.78, 5) is 44.1. The van der Waals surface area contributed by atoms with Gasteiger partial charge in [-0.3, -0.25) is 19.1 Å². The molecule has 1 N–H and O–H groups in total. The monoisotopic (exact) mass is 327 g/mol. The second-order valence-corrected chi connectivity index (χ2v) is 6.69. The summed E-state index contributed by atoms with van der Waals surface area (Å²) in [5, 5.41) is 2.33. The number of H-pyrrole nitrogens is 1. The van der Waals surface area contributed by atoms with Crippen molar-refractivity contribution >= 4 is 28.2 Å². The van der Waals surface area contributed by atoms with Crippen LogP contribution in [-0.2, 0) is 13.5 Å². The van der Waals surface area contributed by atoms with Gasteiger partial charge >= 0.3 is 5.69 Å². The fraction of sp³-hybridized carbons (Fsp3) is 0.250. The number of aryl methyl sites for hydroxylation is 1. The van der Waals surface area contributed by atoms with Crippen molar-refractivity contribution in [2.75, 3.05) is 0 Å². The molecule has 1 atom stereocenters. The quantitative estimate of drug-likeness (QED) is 0.735. The maximum atomic E-state index is 12.5. The number of nitrogens with zero attached hydrogens (tertiary/aromatic N) is 2. The summed E-state index contributed by atoms with van der Waals surface area (Å²) >= 11 is 1.61. The van der Waals surface area contributed by atoms with Crippen molar-refractivity contribution in [3.63, 3.8) is 0 Å². The van der Waals surface area contributed by atoms with Gasteiger partial charge in [0.25, 0.3) is 5.56 Å². The smallest absolute Gasteiger partial charge is 0.294 e. The minimum absolute atomic E-state index is 0.00713. The first kappa shape index (κ1) is 14.1. The lowest BCUT2D eigenvalue weighted by molar-refractivity contribution is 0.0964. The van der Waals surface area contributed by atoms with Gasteiger partial charge in [-0.25, -0.2) is 9.78 Å². The Morgan fingerprint density at radius 1 is 1.30 bits per heavy atom. The highest BCUT2D eigenvalue weighted by molar-refractivity contribution is 7.10. The van der Waals surface area contributed by atoms with Gasteiger partial charge in [0.15, 0.2) is 5.78 Å². The number of fused-ring (bicyclic) bond motifs is 3. The van der Waals surface area contributed by atoms with Gasteiger partial charge in [0, 0.05) is 36.0 Å². The molecule has 4 rings (SSSR count). The van der Waals surface area contributed by atoms with Crippen molar-refractivity contribution in [1.29, 1.82) is 0 Å². The molecule has 0 radical (unpaired) electrons. The predicted molar refractivity (Wildman–Crippen MR) is 87.3 cm³/mol. The molecule has 23 heavy (non-hydrogen) atoms. The van der Waals surface area contributed by atoms with Gasteiger partial charge in [-0.2, -0.15) is 0 Å². The van der Waals surface area contributed by atoms with Crippen LogP contribution in [0.5, 0.6) is 0 Å². The first-order valence-corrected chi connectivity index (χ1v) is 8.11. The van der Waals surface area contributed by atoms with Crippen LogP contribution in [0.25, 0.3) is 11.0 Å². The largest absolute Gasteiger partial charge is 0.329 e. The van der Waals surface area contributed by atoms with Crippen molar-refractivity contribution in [3.05, 3.63) is 60.6 Å². The van der Waals surface area contributed by atoms with Crippen LogP contribution in [0.2, 0.25) is 0 Å². The van der Waals surface area contributed by atoms with E-state index in [1.165, 1.54) is 10.8 Å². The average molecular weight is 327 g/mol. The third kappa shape index (κ3) is 2.08. The molecule has 7 heteroatoms. The summed E-state index contributed by atoms with van der Waals surface area (Å²) in [5.41, 5.74) is 0.520. The highest BCUT2D eigenvalue weighted by Gasteiger charge is 2.30. The van der Waals surface area contributed by atoms with E-state index in [2.05, 4.69) is 9.97 Å². The molecular formula is C16H13N3O3S. The van der Waals surface area contributed by atoms with Gasteiger partial charge in [-0.1, -0.05) is 6.07 Å². The molecule has 3 aromatic rings. The molecule has 3 aromatic heterocycles. The first-order chi connectivity index (χ1) is 11.1. The Labute approximate surface area is 134 Å². The number of aromatic nitrogens is 3. The van der Waals surface area contributed by atoms with Gasteiger partial charge < -0.3 is 0 Å². The van der Waals surface area contributed by atoms with Gasteiger partial charge in [-0.05, 0) is 23.4 Å². The Balaban J connectivity index is 2.01. The molecule has 0 saturated heterocycles. The van der Waals surface area contributed by atoms with E-state index in [1.54, 1.807) is 18.4 Å². The van der Waals surface area contributed by atoms with E-state index in [1.807, 2.05) is 17.5 Å². The highest BCUT2D eigenvalue weighted by Crippen LogP contribution is 2.36. The molecule has 0 spiro atoms. The van der Waals surface area contributed by atoms with Crippen LogP contribution in [0.15, 0.2) is 33.3 Å². The molecule has 0 amide bonds. The van der Waals surface area contributed by atoms with E-state index < -0.39 is 11.2 Å². The summed E-state index contributed by atoms with van der Waals surface area (Å²) in [6.45, 7) is 0. The van der Waals surface area contributed by atoms with Gasteiger partial charge in [0.1, 0.15) is 5.65 Å². The second kappa shape index (κ2) is 4.99. The van der Waals surface area contributed by atoms with E-state index in [0.717, 1.165) is 4.88 Å². The van der Waals surface area contributed by atoms with Gasteiger partial charge in [-0.15, -0.1) is 11.3 Å². The lowest BCUT2D eigenvalue weighted by atomic mass is 9.82. The third-order valence-electron chi connectivity index (χ3n) is 4.36. The number of hydrogen-bond donors (Lipinski definition) is 1. The SMILES string of the molecule is Cn1c(=O)[nH]c(=O)c2c3c(cnc21)C(=O)C[C@H](c1cccs1)C3. The zero-order valence-electron chi connectivity index (χ0n) is 12.3. The van der Waals surface area contributed by atoms with Crippen LogP contribution in [0, 0.1) is 0 Å². The molecule has 3 heterocycles. The van der Waals surface area contributed by atoms with Crippen molar-refractivity contribution in [2.45, 2.75) is 18.8 Å². The Morgan fingerprint density at radius 3 is 2.87 bits per heavy atom. The number of nitrogens with one attached hydrogen (secondary N) is 1. The minimum Gasteiger partial charge on any atom is -0.294 e. The molecule has 1 aliphatic rings. The molecule has 0 unspecified atom stereocenters. The number of aromatic amines is 1. The Hall–Kier alpha value is -2.54. The van der Waals surface area contributed by atoms with Crippen LogP contribution in [0.4, 0.5) is 0 Å². The Kier molecular flexibility index (Phi) is 3.05. The van der Waals surface area contributed by atoms with E-state index in [0.29, 0.717) is 35.0 Å². The Bertz CT molecular complexity index is 1050. The van der Waals surface area contributed by atoms with Crippen LogP contribution in [-0.4, -0.2) is 20.3 Å². The average Bonchev–Trinajstić information content (AvgIpc) is 3.06. The zero-order chi connectivity index (χ0) is 16.1. The van der Waals surface area contributed by atoms with Crippen molar-refractivity contribution in [3.8, 4) is 0 Å². The summed E-state index contributed by atoms with van der Waals surface area (Å²) in [6.07, 6.45) is 2.51. The van der Waals surface area contributed by atoms with Crippen LogP contribution in [0.3, 0.4) is 0 Å². The summed E-state index contributed by atoms with van der Waals surface area (Å²) in [6, 6.07) is 3.97. The normalized spacial score (nSPS) is 17.4. The maximum Gasteiger partial charge on any atom is 0.329 e. The van der Waals surface area contributed by atoms with E-state index >= 15 is 0 Å². The minimum atomic E-state index is -0.508. The molecular weight excluding hydrogens is 314 g/mol. The fourth-order valence-corrected chi connectivity index (χ4v) is 4.03. The number of ketones is 1. The maximum absolute atomic E-state index is 12.5. The topological polar surface area (TPSA) is 84.8 Å². The summed E-state index contributed by atoms with van der Waals surface area (Å²) in [7, 11) is 1.56.